The molecule has 6 heteroatoms. The highest BCUT2D eigenvalue weighted by molar-refractivity contribution is 5.80. The van der Waals surface area contributed by atoms with E-state index < -0.39 is 12.0 Å². The molecular formula is C13H14N4O2. The summed E-state index contributed by atoms with van der Waals surface area (Å²) in [6.07, 6.45) is 1.33. The molecular weight excluding hydrogens is 244 g/mol. The molecule has 1 unspecified atom stereocenters. The monoisotopic (exact) mass is 258 g/mol. The molecule has 1 aromatic heterocycles. The van der Waals surface area contributed by atoms with Crippen LogP contribution in [0, 0.1) is 0 Å². The summed E-state index contributed by atoms with van der Waals surface area (Å²) in [4.78, 5) is 19.6. The van der Waals surface area contributed by atoms with E-state index in [1.54, 1.807) is 6.07 Å². The molecule has 6 nitrogen and oxygen atoms in total. The van der Waals surface area contributed by atoms with Crippen molar-refractivity contribution in [3.8, 4) is 0 Å². The van der Waals surface area contributed by atoms with Crippen LogP contribution in [0.1, 0.15) is 11.6 Å². The van der Waals surface area contributed by atoms with Gasteiger partial charge in [-0.2, -0.15) is 0 Å². The number of carbonyl (C=O) groups is 1. The molecule has 19 heavy (non-hydrogen) atoms. The zero-order chi connectivity index (χ0) is 13.7. The number of hydrogen-bond donors (Lipinski definition) is 2. The van der Waals surface area contributed by atoms with Gasteiger partial charge in [-0.15, -0.1) is 0 Å². The number of ether oxygens (including phenoxy) is 1. The number of anilines is 2. The second kappa shape index (κ2) is 5.81. The first-order valence-corrected chi connectivity index (χ1v) is 5.67. The van der Waals surface area contributed by atoms with E-state index in [-0.39, 0.29) is 0 Å². The Bertz CT molecular complexity index is 560. The Labute approximate surface area is 110 Å². The minimum atomic E-state index is -0.638. The van der Waals surface area contributed by atoms with Gasteiger partial charge in [0.15, 0.2) is 6.04 Å². The summed E-state index contributed by atoms with van der Waals surface area (Å²) in [6.45, 7) is 0. The summed E-state index contributed by atoms with van der Waals surface area (Å²) >= 11 is 0. The van der Waals surface area contributed by atoms with Crippen LogP contribution in [0.25, 0.3) is 0 Å². The molecule has 0 aliphatic rings. The van der Waals surface area contributed by atoms with Gasteiger partial charge in [0, 0.05) is 6.07 Å². The number of aromatic nitrogens is 2. The van der Waals surface area contributed by atoms with Crippen LogP contribution in [0.15, 0.2) is 42.7 Å². The van der Waals surface area contributed by atoms with E-state index in [0.717, 1.165) is 5.56 Å². The SMILES string of the molecule is COC(=O)C(Nc1cc(N)ncn1)c1ccccc1. The zero-order valence-electron chi connectivity index (χ0n) is 10.4. The third kappa shape index (κ3) is 3.19. The first-order valence-electron chi connectivity index (χ1n) is 5.67. The second-order valence-electron chi connectivity index (χ2n) is 3.84. The van der Waals surface area contributed by atoms with Crippen molar-refractivity contribution in [3.63, 3.8) is 0 Å². The second-order valence-corrected chi connectivity index (χ2v) is 3.84. The van der Waals surface area contributed by atoms with Crippen LogP contribution in [0.4, 0.5) is 11.6 Å². The highest BCUT2D eigenvalue weighted by Crippen LogP contribution is 2.19. The smallest absolute Gasteiger partial charge is 0.333 e. The molecule has 0 amide bonds. The number of methoxy groups -OCH3 is 1. The van der Waals surface area contributed by atoms with Crippen LogP contribution < -0.4 is 11.1 Å². The fourth-order valence-corrected chi connectivity index (χ4v) is 1.64. The number of esters is 1. The van der Waals surface area contributed by atoms with Gasteiger partial charge < -0.3 is 15.8 Å². The Morgan fingerprint density at radius 2 is 2.05 bits per heavy atom. The Hall–Kier alpha value is -2.63. The molecule has 0 saturated heterocycles. The Kier molecular flexibility index (Phi) is 3.92. The molecule has 0 fully saturated rings. The molecule has 0 saturated carbocycles. The van der Waals surface area contributed by atoms with Crippen LogP contribution in [0.5, 0.6) is 0 Å². The molecule has 0 bridgehead atoms. The van der Waals surface area contributed by atoms with Crippen LogP contribution in [-0.2, 0) is 9.53 Å². The maximum Gasteiger partial charge on any atom is 0.333 e. The quantitative estimate of drug-likeness (QED) is 0.805. The summed E-state index contributed by atoms with van der Waals surface area (Å²) in [5, 5.41) is 2.98. The molecule has 2 aromatic rings. The highest BCUT2D eigenvalue weighted by atomic mass is 16.5. The number of carbonyl (C=O) groups excluding carboxylic acids is 1. The van der Waals surface area contributed by atoms with Gasteiger partial charge in [-0.1, -0.05) is 30.3 Å². The van der Waals surface area contributed by atoms with E-state index in [2.05, 4.69) is 15.3 Å². The van der Waals surface area contributed by atoms with E-state index in [1.165, 1.54) is 13.4 Å². The predicted octanol–water partition coefficient (Wildman–Crippen LogP) is 1.38. The average Bonchev–Trinajstić information content (AvgIpc) is 2.45. The van der Waals surface area contributed by atoms with Crippen molar-refractivity contribution >= 4 is 17.6 Å². The van der Waals surface area contributed by atoms with Crippen molar-refractivity contribution < 1.29 is 9.53 Å². The van der Waals surface area contributed by atoms with E-state index >= 15 is 0 Å². The number of nitrogens with two attached hydrogens (primary N) is 1. The van der Waals surface area contributed by atoms with Crippen molar-refractivity contribution in [2.45, 2.75) is 6.04 Å². The summed E-state index contributed by atoms with van der Waals surface area (Å²) < 4.78 is 4.79. The summed E-state index contributed by atoms with van der Waals surface area (Å²) in [5.74, 6) is 0.393. The van der Waals surface area contributed by atoms with Gasteiger partial charge >= 0.3 is 5.97 Å². The summed E-state index contributed by atoms with van der Waals surface area (Å²) in [6, 6.07) is 10.2. The number of nitrogen functional groups attached to an aromatic ring is 1. The van der Waals surface area contributed by atoms with Crippen molar-refractivity contribution in [2.75, 3.05) is 18.2 Å². The number of nitrogens with one attached hydrogen (secondary N) is 1. The van der Waals surface area contributed by atoms with Crippen molar-refractivity contribution in [1.82, 2.24) is 9.97 Å². The molecule has 0 spiro atoms. The van der Waals surface area contributed by atoms with Gasteiger partial charge in [0.1, 0.15) is 18.0 Å². The molecule has 1 atom stereocenters. The summed E-state index contributed by atoms with van der Waals surface area (Å²) in [5.41, 5.74) is 6.36. The minimum absolute atomic E-state index is 0.328. The lowest BCUT2D eigenvalue weighted by molar-refractivity contribution is -0.141. The van der Waals surface area contributed by atoms with Gasteiger partial charge in [0.2, 0.25) is 0 Å². The molecule has 3 N–H and O–H groups in total. The Morgan fingerprint density at radius 3 is 2.68 bits per heavy atom. The molecule has 98 valence electrons. The van der Waals surface area contributed by atoms with Crippen LogP contribution in [0.3, 0.4) is 0 Å². The first kappa shape index (κ1) is 12.8. The predicted molar refractivity (Wildman–Crippen MR) is 71.3 cm³/mol. The Balaban J connectivity index is 2.27. The zero-order valence-corrected chi connectivity index (χ0v) is 10.4. The van der Waals surface area contributed by atoms with Gasteiger partial charge in [-0.3, -0.25) is 0 Å². The fraction of sp³-hybridized carbons (Fsp3) is 0.154. The molecule has 0 aliphatic carbocycles. The maximum absolute atomic E-state index is 11.8. The van der Waals surface area contributed by atoms with Gasteiger partial charge in [0.25, 0.3) is 0 Å². The van der Waals surface area contributed by atoms with E-state index in [0.29, 0.717) is 11.6 Å². The van der Waals surface area contributed by atoms with Crippen LogP contribution >= 0.6 is 0 Å². The normalized spacial score (nSPS) is 11.6. The minimum Gasteiger partial charge on any atom is -0.467 e. The Morgan fingerprint density at radius 1 is 1.32 bits per heavy atom. The molecule has 2 rings (SSSR count). The third-order valence-corrected chi connectivity index (χ3v) is 2.55. The van der Waals surface area contributed by atoms with E-state index in [4.69, 9.17) is 10.5 Å². The molecule has 1 heterocycles. The summed E-state index contributed by atoms with van der Waals surface area (Å²) in [7, 11) is 1.34. The van der Waals surface area contributed by atoms with Gasteiger partial charge in [0.05, 0.1) is 7.11 Å². The van der Waals surface area contributed by atoms with Crippen LogP contribution in [0.2, 0.25) is 0 Å². The lowest BCUT2D eigenvalue weighted by atomic mass is 10.1. The van der Waals surface area contributed by atoms with E-state index in [1.807, 2.05) is 30.3 Å². The fourth-order valence-electron chi connectivity index (χ4n) is 1.64. The lowest BCUT2D eigenvalue weighted by Gasteiger charge is -2.17. The van der Waals surface area contributed by atoms with Gasteiger partial charge in [-0.05, 0) is 5.56 Å². The number of benzene rings is 1. The lowest BCUT2D eigenvalue weighted by Crippen LogP contribution is -2.22. The number of nitrogens with zero attached hydrogens (tertiary/aromatic N) is 2. The molecule has 0 aliphatic heterocycles. The van der Waals surface area contributed by atoms with E-state index in [9.17, 15) is 4.79 Å². The van der Waals surface area contributed by atoms with Crippen molar-refractivity contribution in [2.24, 2.45) is 0 Å². The maximum atomic E-state index is 11.8. The highest BCUT2D eigenvalue weighted by Gasteiger charge is 2.21. The topological polar surface area (TPSA) is 90.1 Å². The van der Waals surface area contributed by atoms with Crippen molar-refractivity contribution in [3.05, 3.63) is 48.3 Å². The largest absolute Gasteiger partial charge is 0.467 e. The molecule has 0 radical (unpaired) electrons. The van der Waals surface area contributed by atoms with Crippen molar-refractivity contribution in [1.29, 1.82) is 0 Å². The van der Waals surface area contributed by atoms with Gasteiger partial charge in [-0.25, -0.2) is 14.8 Å². The number of hydrogen-bond acceptors (Lipinski definition) is 6. The van der Waals surface area contributed by atoms with Crippen LogP contribution in [-0.4, -0.2) is 23.0 Å². The third-order valence-electron chi connectivity index (χ3n) is 2.55. The average molecular weight is 258 g/mol. The standard InChI is InChI=1S/C13H14N4O2/c1-19-13(18)12(9-5-3-2-4-6-9)17-11-7-10(14)15-8-16-11/h2-8,12H,1H3,(H3,14,15,16,17). The number of rotatable bonds is 4. The first-order chi connectivity index (χ1) is 9.20. The molecule has 1 aromatic carbocycles.